The third kappa shape index (κ3) is 3.92. The summed E-state index contributed by atoms with van der Waals surface area (Å²) < 4.78 is 10.7. The fourth-order valence-electron chi connectivity index (χ4n) is 2.74. The number of nitrogens with zero attached hydrogens (tertiary/aromatic N) is 2. The van der Waals surface area contributed by atoms with E-state index in [1.807, 2.05) is 29.2 Å². The Balaban J connectivity index is 1.49. The number of amides is 1. The summed E-state index contributed by atoms with van der Waals surface area (Å²) in [5.41, 5.74) is 2.19. The summed E-state index contributed by atoms with van der Waals surface area (Å²) in [6, 6.07) is 8.01. The molecule has 0 saturated carbocycles. The van der Waals surface area contributed by atoms with E-state index in [2.05, 4.69) is 12.1 Å². The zero-order chi connectivity index (χ0) is 16.1. The molecular weight excluding hydrogens is 292 g/mol. The average molecular weight is 314 g/mol. The highest BCUT2D eigenvalue weighted by Gasteiger charge is 2.23. The molecule has 0 N–H and O–H groups in total. The molecule has 3 rings (SSSR count). The Morgan fingerprint density at radius 2 is 2.17 bits per heavy atom. The van der Waals surface area contributed by atoms with Crippen molar-refractivity contribution in [2.75, 3.05) is 13.2 Å². The SMILES string of the molecule is CCCOc1ccc(CCC(=O)N2CCc3oncc3C2)cc1. The van der Waals surface area contributed by atoms with Crippen LogP contribution in [-0.2, 0) is 24.2 Å². The van der Waals surface area contributed by atoms with Gasteiger partial charge < -0.3 is 14.2 Å². The van der Waals surface area contributed by atoms with E-state index in [1.165, 1.54) is 0 Å². The lowest BCUT2D eigenvalue weighted by Gasteiger charge is -2.25. The summed E-state index contributed by atoms with van der Waals surface area (Å²) in [6.07, 6.45) is 4.74. The number of carbonyl (C=O) groups excluding carboxylic acids is 1. The molecule has 0 saturated heterocycles. The molecule has 122 valence electrons. The van der Waals surface area contributed by atoms with Crippen LogP contribution >= 0.6 is 0 Å². The van der Waals surface area contributed by atoms with Gasteiger partial charge in [0.25, 0.3) is 0 Å². The molecule has 1 aliphatic rings. The van der Waals surface area contributed by atoms with E-state index in [0.717, 1.165) is 48.5 Å². The minimum Gasteiger partial charge on any atom is -0.494 e. The van der Waals surface area contributed by atoms with Crippen LogP contribution in [0.4, 0.5) is 0 Å². The molecule has 23 heavy (non-hydrogen) atoms. The van der Waals surface area contributed by atoms with E-state index in [-0.39, 0.29) is 5.91 Å². The van der Waals surface area contributed by atoms with Crippen molar-refractivity contribution in [3.8, 4) is 5.75 Å². The van der Waals surface area contributed by atoms with Gasteiger partial charge >= 0.3 is 0 Å². The Hall–Kier alpha value is -2.30. The number of rotatable bonds is 6. The highest BCUT2D eigenvalue weighted by Crippen LogP contribution is 2.19. The first kappa shape index (κ1) is 15.6. The normalized spacial score (nSPS) is 13.7. The van der Waals surface area contributed by atoms with Crippen molar-refractivity contribution < 1.29 is 14.1 Å². The van der Waals surface area contributed by atoms with E-state index in [0.29, 0.717) is 19.5 Å². The highest BCUT2D eigenvalue weighted by atomic mass is 16.5. The quantitative estimate of drug-likeness (QED) is 0.822. The van der Waals surface area contributed by atoms with E-state index >= 15 is 0 Å². The Morgan fingerprint density at radius 3 is 2.96 bits per heavy atom. The van der Waals surface area contributed by atoms with Crippen LogP contribution in [-0.4, -0.2) is 29.1 Å². The third-order valence-corrected chi connectivity index (χ3v) is 4.08. The van der Waals surface area contributed by atoms with Crippen molar-refractivity contribution in [3.63, 3.8) is 0 Å². The Kier molecular flexibility index (Phi) is 4.95. The second-order valence-electron chi connectivity index (χ2n) is 5.83. The van der Waals surface area contributed by atoms with Gasteiger partial charge in [-0.1, -0.05) is 24.2 Å². The molecule has 1 aliphatic heterocycles. The molecule has 0 atom stereocenters. The molecule has 0 bridgehead atoms. The van der Waals surface area contributed by atoms with Crippen molar-refractivity contribution >= 4 is 5.91 Å². The fraction of sp³-hybridized carbons (Fsp3) is 0.444. The van der Waals surface area contributed by atoms with E-state index in [1.54, 1.807) is 6.20 Å². The van der Waals surface area contributed by atoms with Gasteiger partial charge in [-0.05, 0) is 30.5 Å². The summed E-state index contributed by atoms with van der Waals surface area (Å²) in [4.78, 5) is 14.2. The molecule has 1 amide bonds. The number of benzene rings is 1. The molecule has 2 heterocycles. The molecule has 2 aromatic rings. The van der Waals surface area contributed by atoms with Crippen LogP contribution in [0.1, 0.15) is 36.7 Å². The van der Waals surface area contributed by atoms with Crippen LogP contribution < -0.4 is 4.74 Å². The first-order valence-electron chi connectivity index (χ1n) is 8.18. The van der Waals surface area contributed by atoms with Crippen LogP contribution in [0, 0.1) is 0 Å². The largest absolute Gasteiger partial charge is 0.494 e. The lowest BCUT2D eigenvalue weighted by molar-refractivity contribution is -0.132. The Labute approximate surface area is 136 Å². The molecule has 0 unspecified atom stereocenters. The predicted molar refractivity (Wildman–Crippen MR) is 86.2 cm³/mol. The summed E-state index contributed by atoms with van der Waals surface area (Å²) in [6.45, 7) is 4.15. The first-order valence-corrected chi connectivity index (χ1v) is 8.18. The number of carbonyl (C=O) groups is 1. The standard InChI is InChI=1S/C18H22N2O3/c1-2-11-22-16-6-3-14(4-7-16)5-8-18(21)20-10-9-17-15(13-20)12-19-23-17/h3-4,6-7,12H,2,5,8-11,13H2,1H3. The van der Waals surface area contributed by atoms with Gasteiger partial charge in [-0.15, -0.1) is 0 Å². The molecule has 0 aliphatic carbocycles. The number of hydrogen-bond acceptors (Lipinski definition) is 4. The minimum absolute atomic E-state index is 0.183. The number of ether oxygens (including phenoxy) is 1. The number of fused-ring (bicyclic) bond motifs is 1. The smallest absolute Gasteiger partial charge is 0.223 e. The second-order valence-corrected chi connectivity index (χ2v) is 5.83. The summed E-state index contributed by atoms with van der Waals surface area (Å²) >= 11 is 0. The van der Waals surface area contributed by atoms with Crippen molar-refractivity contribution in [3.05, 3.63) is 47.3 Å². The molecule has 5 heteroatoms. The fourth-order valence-corrected chi connectivity index (χ4v) is 2.74. The third-order valence-electron chi connectivity index (χ3n) is 4.08. The monoisotopic (exact) mass is 314 g/mol. The molecule has 0 radical (unpaired) electrons. The average Bonchev–Trinajstić information content (AvgIpc) is 3.06. The van der Waals surface area contributed by atoms with Crippen LogP contribution in [0.15, 0.2) is 35.0 Å². The maximum Gasteiger partial charge on any atom is 0.223 e. The van der Waals surface area contributed by atoms with Gasteiger partial charge in [-0.25, -0.2) is 0 Å². The predicted octanol–water partition coefficient (Wildman–Crippen LogP) is 2.98. The van der Waals surface area contributed by atoms with Crippen molar-refractivity contribution in [1.29, 1.82) is 0 Å². The van der Waals surface area contributed by atoms with Crippen molar-refractivity contribution in [2.24, 2.45) is 0 Å². The van der Waals surface area contributed by atoms with Gasteiger partial charge in [0.2, 0.25) is 5.91 Å². The molecule has 1 aromatic heterocycles. The molecule has 0 fully saturated rings. The lowest BCUT2D eigenvalue weighted by atomic mass is 10.1. The molecule has 5 nitrogen and oxygen atoms in total. The zero-order valence-electron chi connectivity index (χ0n) is 13.5. The van der Waals surface area contributed by atoms with Gasteiger partial charge in [0.05, 0.1) is 19.3 Å². The van der Waals surface area contributed by atoms with Crippen LogP contribution in [0.2, 0.25) is 0 Å². The van der Waals surface area contributed by atoms with Crippen LogP contribution in [0.25, 0.3) is 0 Å². The Bertz CT molecular complexity index is 649. The van der Waals surface area contributed by atoms with E-state index in [4.69, 9.17) is 9.26 Å². The Morgan fingerprint density at radius 1 is 1.35 bits per heavy atom. The maximum absolute atomic E-state index is 12.4. The molecular formula is C18H22N2O3. The minimum atomic E-state index is 0.183. The number of aromatic nitrogens is 1. The van der Waals surface area contributed by atoms with Gasteiger partial charge in [-0.2, -0.15) is 0 Å². The summed E-state index contributed by atoms with van der Waals surface area (Å²) in [5, 5.41) is 3.80. The lowest BCUT2D eigenvalue weighted by Crippen LogP contribution is -2.35. The maximum atomic E-state index is 12.4. The van der Waals surface area contributed by atoms with Gasteiger partial charge in [0.1, 0.15) is 11.5 Å². The zero-order valence-corrected chi connectivity index (χ0v) is 13.5. The van der Waals surface area contributed by atoms with Crippen molar-refractivity contribution in [1.82, 2.24) is 10.1 Å². The molecule has 0 spiro atoms. The van der Waals surface area contributed by atoms with Gasteiger partial charge in [0, 0.05) is 24.9 Å². The van der Waals surface area contributed by atoms with E-state index < -0.39 is 0 Å². The van der Waals surface area contributed by atoms with Crippen molar-refractivity contribution in [2.45, 2.75) is 39.2 Å². The number of hydrogen-bond donors (Lipinski definition) is 0. The van der Waals surface area contributed by atoms with E-state index in [9.17, 15) is 4.79 Å². The second kappa shape index (κ2) is 7.31. The van der Waals surface area contributed by atoms with Gasteiger partial charge in [-0.3, -0.25) is 4.79 Å². The van der Waals surface area contributed by atoms with Gasteiger partial charge in [0.15, 0.2) is 0 Å². The summed E-state index contributed by atoms with van der Waals surface area (Å²) in [5.74, 6) is 1.98. The summed E-state index contributed by atoms with van der Waals surface area (Å²) in [7, 11) is 0. The first-order chi connectivity index (χ1) is 11.3. The highest BCUT2D eigenvalue weighted by molar-refractivity contribution is 5.76. The molecule has 1 aromatic carbocycles. The topological polar surface area (TPSA) is 55.6 Å². The van der Waals surface area contributed by atoms with Crippen LogP contribution in [0.3, 0.4) is 0 Å². The number of aryl methyl sites for hydroxylation is 1. The van der Waals surface area contributed by atoms with Crippen LogP contribution in [0.5, 0.6) is 5.75 Å².